The van der Waals surface area contributed by atoms with Crippen LogP contribution in [0.25, 0.3) is 5.82 Å². The highest BCUT2D eigenvalue weighted by Gasteiger charge is 2.37. The number of benzene rings is 1. The minimum absolute atomic E-state index is 0.520. The van der Waals surface area contributed by atoms with Crippen molar-refractivity contribution >= 4 is 5.82 Å². The van der Waals surface area contributed by atoms with E-state index in [1.54, 1.807) is 4.68 Å². The molecule has 1 aromatic carbocycles. The lowest BCUT2D eigenvalue weighted by atomic mass is 10.0. The van der Waals surface area contributed by atoms with Crippen molar-refractivity contribution in [1.82, 2.24) is 24.9 Å². The van der Waals surface area contributed by atoms with Crippen molar-refractivity contribution in [2.45, 2.75) is 32.4 Å². The number of rotatable bonds is 6. The van der Waals surface area contributed by atoms with Crippen LogP contribution in [0.1, 0.15) is 23.4 Å². The Morgan fingerprint density at radius 1 is 1.10 bits per heavy atom. The number of β-amino-alcohol motifs (C(OH)–C–C–N with tert-alkyl or cyclic N) is 1. The van der Waals surface area contributed by atoms with E-state index in [0.29, 0.717) is 18.9 Å². The Labute approximate surface area is 171 Å². The summed E-state index contributed by atoms with van der Waals surface area (Å²) in [6.07, 6.45) is 0.751. The highest BCUT2D eigenvalue weighted by atomic mass is 16.3. The van der Waals surface area contributed by atoms with Crippen molar-refractivity contribution in [2.24, 2.45) is 0 Å². The molecule has 1 unspecified atom stereocenters. The molecule has 29 heavy (non-hydrogen) atoms. The second-order valence-electron chi connectivity index (χ2n) is 8.12. The largest absolute Gasteiger partial charge is 0.387 e. The van der Waals surface area contributed by atoms with Crippen LogP contribution in [-0.4, -0.2) is 62.3 Å². The van der Waals surface area contributed by atoms with Crippen LogP contribution < -0.4 is 4.90 Å². The van der Waals surface area contributed by atoms with Gasteiger partial charge in [-0.3, -0.25) is 4.90 Å². The van der Waals surface area contributed by atoms with E-state index in [1.807, 2.05) is 50.1 Å². The standard InChI is InChI=1S/C22H28N6O/c1-17-13-18(2)28(25-17)21-10-9-20(23-24-21)26(3)15-22(29)11-12-27(16-22)14-19-7-5-4-6-8-19/h4-10,13,29H,11-12,14-16H2,1-3H3. The average molecular weight is 393 g/mol. The maximum absolute atomic E-state index is 11.1. The van der Waals surface area contributed by atoms with Crippen LogP contribution in [0.3, 0.4) is 0 Å². The highest BCUT2D eigenvalue weighted by molar-refractivity contribution is 5.40. The lowest BCUT2D eigenvalue weighted by Gasteiger charge is -2.29. The summed E-state index contributed by atoms with van der Waals surface area (Å²) in [4.78, 5) is 4.28. The summed E-state index contributed by atoms with van der Waals surface area (Å²) in [7, 11) is 1.95. The summed E-state index contributed by atoms with van der Waals surface area (Å²) in [5, 5.41) is 24.2. The molecule has 7 nitrogen and oxygen atoms in total. The van der Waals surface area contributed by atoms with Crippen LogP contribution in [0.5, 0.6) is 0 Å². The monoisotopic (exact) mass is 392 g/mol. The molecule has 1 atom stereocenters. The van der Waals surface area contributed by atoms with Crippen LogP contribution in [0, 0.1) is 13.8 Å². The first kappa shape index (κ1) is 19.5. The predicted octanol–water partition coefficient (Wildman–Crippen LogP) is 2.35. The zero-order valence-electron chi connectivity index (χ0n) is 17.3. The quantitative estimate of drug-likeness (QED) is 0.694. The fourth-order valence-electron chi connectivity index (χ4n) is 4.06. The molecule has 0 amide bonds. The summed E-state index contributed by atoms with van der Waals surface area (Å²) in [5.41, 5.74) is 2.50. The summed E-state index contributed by atoms with van der Waals surface area (Å²) < 4.78 is 1.79. The van der Waals surface area contributed by atoms with Gasteiger partial charge in [0.25, 0.3) is 0 Å². The average Bonchev–Trinajstić information content (AvgIpc) is 3.24. The summed E-state index contributed by atoms with van der Waals surface area (Å²) in [6.45, 7) is 6.89. The van der Waals surface area contributed by atoms with Crippen molar-refractivity contribution < 1.29 is 5.11 Å². The van der Waals surface area contributed by atoms with Gasteiger partial charge >= 0.3 is 0 Å². The van der Waals surface area contributed by atoms with Gasteiger partial charge in [0.2, 0.25) is 0 Å². The van der Waals surface area contributed by atoms with E-state index in [1.165, 1.54) is 5.56 Å². The topological polar surface area (TPSA) is 70.3 Å². The number of hydrogen-bond acceptors (Lipinski definition) is 6. The van der Waals surface area contributed by atoms with E-state index in [-0.39, 0.29) is 0 Å². The first-order valence-electron chi connectivity index (χ1n) is 9.99. The number of aromatic nitrogens is 4. The molecule has 7 heteroatoms. The number of hydrogen-bond donors (Lipinski definition) is 1. The molecular formula is C22H28N6O. The first-order chi connectivity index (χ1) is 13.9. The fraction of sp³-hybridized carbons (Fsp3) is 0.409. The van der Waals surface area contributed by atoms with Gasteiger partial charge in [0, 0.05) is 38.9 Å². The third-order valence-electron chi connectivity index (χ3n) is 5.45. The summed E-state index contributed by atoms with van der Waals surface area (Å²) in [6, 6.07) is 16.3. The number of nitrogens with zero attached hydrogens (tertiary/aromatic N) is 6. The van der Waals surface area contributed by atoms with Gasteiger partial charge in [-0.15, -0.1) is 10.2 Å². The Kier molecular flexibility index (Phi) is 5.34. The van der Waals surface area contributed by atoms with Gasteiger partial charge in [-0.25, -0.2) is 4.68 Å². The van der Waals surface area contributed by atoms with Crippen LogP contribution >= 0.6 is 0 Å². The molecule has 152 valence electrons. The Hall–Kier alpha value is -2.77. The number of anilines is 1. The first-order valence-corrected chi connectivity index (χ1v) is 9.99. The van der Waals surface area contributed by atoms with Gasteiger partial charge in [-0.1, -0.05) is 30.3 Å². The summed E-state index contributed by atoms with van der Waals surface area (Å²) in [5.74, 6) is 1.44. The molecule has 0 aliphatic carbocycles. The maximum Gasteiger partial charge on any atom is 0.176 e. The third-order valence-corrected chi connectivity index (χ3v) is 5.45. The third kappa shape index (κ3) is 4.46. The van der Waals surface area contributed by atoms with Gasteiger partial charge in [0.1, 0.15) is 0 Å². The number of likely N-dealkylation sites (N-methyl/N-ethyl adjacent to an activating group) is 1. The normalized spacial score (nSPS) is 19.6. The molecule has 3 heterocycles. The van der Waals surface area contributed by atoms with Crippen LogP contribution in [-0.2, 0) is 6.54 Å². The predicted molar refractivity (Wildman–Crippen MR) is 113 cm³/mol. The van der Waals surface area contributed by atoms with Crippen LogP contribution in [0.2, 0.25) is 0 Å². The number of aryl methyl sites for hydroxylation is 2. The van der Waals surface area contributed by atoms with Crippen molar-refractivity contribution in [3.05, 3.63) is 65.5 Å². The molecule has 1 saturated heterocycles. The highest BCUT2D eigenvalue weighted by Crippen LogP contribution is 2.25. The smallest absolute Gasteiger partial charge is 0.176 e. The molecule has 4 rings (SSSR count). The molecule has 1 N–H and O–H groups in total. The van der Waals surface area contributed by atoms with E-state index in [4.69, 9.17) is 0 Å². The zero-order valence-corrected chi connectivity index (χ0v) is 17.3. The van der Waals surface area contributed by atoms with Crippen molar-refractivity contribution in [3.8, 4) is 5.82 Å². The Morgan fingerprint density at radius 3 is 2.55 bits per heavy atom. The van der Waals surface area contributed by atoms with Crippen molar-refractivity contribution in [1.29, 1.82) is 0 Å². The fourth-order valence-corrected chi connectivity index (χ4v) is 4.06. The number of aliphatic hydroxyl groups is 1. The molecule has 0 radical (unpaired) electrons. The second kappa shape index (κ2) is 7.93. The maximum atomic E-state index is 11.1. The van der Waals surface area contributed by atoms with Gasteiger partial charge in [0.15, 0.2) is 11.6 Å². The number of likely N-dealkylation sites (tertiary alicyclic amines) is 1. The van der Waals surface area contributed by atoms with Gasteiger partial charge < -0.3 is 10.0 Å². The van der Waals surface area contributed by atoms with Gasteiger partial charge in [-0.05, 0) is 44.0 Å². The van der Waals surface area contributed by atoms with Crippen LogP contribution in [0.15, 0.2) is 48.5 Å². The molecular weight excluding hydrogens is 364 g/mol. The molecule has 0 spiro atoms. The minimum atomic E-state index is -0.750. The zero-order chi connectivity index (χ0) is 20.4. The van der Waals surface area contributed by atoms with E-state index in [0.717, 1.165) is 36.7 Å². The Bertz CT molecular complexity index is 955. The molecule has 1 aliphatic heterocycles. The molecule has 1 fully saturated rings. The Balaban J connectivity index is 1.38. The van der Waals surface area contributed by atoms with Crippen molar-refractivity contribution in [3.63, 3.8) is 0 Å². The lowest BCUT2D eigenvalue weighted by Crippen LogP contribution is -2.44. The van der Waals surface area contributed by atoms with E-state index in [9.17, 15) is 5.11 Å². The molecule has 0 bridgehead atoms. The SMILES string of the molecule is Cc1cc(C)n(-c2ccc(N(C)CC3(O)CCN(Cc4ccccc4)C3)nn2)n1. The van der Waals surface area contributed by atoms with Gasteiger partial charge in [0.05, 0.1) is 11.3 Å². The summed E-state index contributed by atoms with van der Waals surface area (Å²) >= 11 is 0. The molecule has 3 aromatic rings. The lowest BCUT2D eigenvalue weighted by molar-refractivity contribution is 0.0561. The van der Waals surface area contributed by atoms with E-state index < -0.39 is 5.60 Å². The van der Waals surface area contributed by atoms with Crippen molar-refractivity contribution in [2.75, 3.05) is 31.6 Å². The van der Waals surface area contributed by atoms with E-state index in [2.05, 4.69) is 44.5 Å². The molecule has 1 aliphatic rings. The Morgan fingerprint density at radius 2 is 1.90 bits per heavy atom. The van der Waals surface area contributed by atoms with Gasteiger partial charge in [-0.2, -0.15) is 5.10 Å². The van der Waals surface area contributed by atoms with Crippen LogP contribution in [0.4, 0.5) is 5.82 Å². The molecule has 2 aromatic heterocycles. The minimum Gasteiger partial charge on any atom is -0.387 e. The molecule has 0 saturated carbocycles. The van der Waals surface area contributed by atoms with E-state index >= 15 is 0 Å². The second-order valence-corrected chi connectivity index (χ2v) is 8.12.